The first-order valence-corrected chi connectivity index (χ1v) is 6.91. The lowest BCUT2D eigenvalue weighted by Gasteiger charge is -2.26. The summed E-state index contributed by atoms with van der Waals surface area (Å²) < 4.78 is 0. The van der Waals surface area contributed by atoms with Crippen LogP contribution in [0.5, 0.6) is 0 Å². The van der Waals surface area contributed by atoms with Crippen LogP contribution in [0.15, 0.2) is 0 Å². The van der Waals surface area contributed by atoms with E-state index in [1.54, 1.807) is 0 Å². The van der Waals surface area contributed by atoms with Crippen molar-refractivity contribution in [1.82, 2.24) is 16.0 Å². The van der Waals surface area contributed by atoms with Crippen molar-refractivity contribution in [1.29, 1.82) is 0 Å². The third kappa shape index (κ3) is 5.49. The Hall–Kier alpha value is -1.10. The van der Waals surface area contributed by atoms with Gasteiger partial charge in [-0.3, -0.25) is 9.59 Å². The summed E-state index contributed by atoms with van der Waals surface area (Å²) >= 11 is 0. The van der Waals surface area contributed by atoms with Crippen molar-refractivity contribution in [2.24, 2.45) is 5.92 Å². The van der Waals surface area contributed by atoms with Crippen LogP contribution in [0.1, 0.15) is 39.5 Å². The van der Waals surface area contributed by atoms with E-state index in [4.69, 9.17) is 0 Å². The molecule has 1 fully saturated rings. The maximum absolute atomic E-state index is 11.8. The van der Waals surface area contributed by atoms with Gasteiger partial charge in [-0.1, -0.05) is 6.92 Å². The van der Waals surface area contributed by atoms with Crippen LogP contribution in [-0.4, -0.2) is 37.5 Å². The number of amides is 2. The molecule has 0 saturated carbocycles. The molecule has 0 radical (unpaired) electrons. The number of nitrogens with one attached hydrogen (secondary N) is 3. The fourth-order valence-corrected chi connectivity index (χ4v) is 2.02. The van der Waals surface area contributed by atoms with Crippen LogP contribution in [-0.2, 0) is 9.59 Å². The molecule has 1 aliphatic heterocycles. The Balaban J connectivity index is 2.11. The lowest BCUT2D eigenvalue weighted by atomic mass is 9.95. The van der Waals surface area contributed by atoms with Gasteiger partial charge in [0.05, 0.1) is 5.92 Å². The van der Waals surface area contributed by atoms with Gasteiger partial charge in [-0.25, -0.2) is 0 Å². The Bertz CT molecular complexity index is 273. The molecule has 0 aromatic heterocycles. The zero-order valence-corrected chi connectivity index (χ0v) is 11.4. The Labute approximate surface area is 109 Å². The van der Waals surface area contributed by atoms with E-state index in [2.05, 4.69) is 22.9 Å². The number of hydrogen-bond donors (Lipinski definition) is 3. The second-order valence-electron chi connectivity index (χ2n) is 4.97. The molecule has 2 amide bonds. The fraction of sp³-hybridized carbons (Fsp3) is 0.846. The van der Waals surface area contributed by atoms with Gasteiger partial charge < -0.3 is 16.0 Å². The average Bonchev–Trinajstić information content (AvgIpc) is 2.37. The van der Waals surface area contributed by atoms with Crippen molar-refractivity contribution in [2.75, 3.05) is 19.6 Å². The molecular weight excluding hydrogens is 230 g/mol. The molecule has 0 aromatic carbocycles. The van der Waals surface area contributed by atoms with E-state index in [0.717, 1.165) is 25.8 Å². The summed E-state index contributed by atoms with van der Waals surface area (Å²) in [4.78, 5) is 23.1. The Morgan fingerprint density at radius 2 is 2.00 bits per heavy atom. The van der Waals surface area contributed by atoms with Crippen molar-refractivity contribution in [2.45, 2.75) is 45.6 Å². The van der Waals surface area contributed by atoms with Crippen LogP contribution in [0, 0.1) is 5.92 Å². The first-order chi connectivity index (χ1) is 8.63. The molecule has 2 atom stereocenters. The van der Waals surface area contributed by atoms with Gasteiger partial charge in [-0.2, -0.15) is 0 Å². The molecule has 5 heteroatoms. The van der Waals surface area contributed by atoms with E-state index < -0.39 is 0 Å². The highest BCUT2D eigenvalue weighted by Crippen LogP contribution is 2.13. The molecule has 0 aromatic rings. The van der Waals surface area contributed by atoms with E-state index >= 15 is 0 Å². The normalized spacial score (nSPS) is 23.4. The third-order valence-corrected chi connectivity index (χ3v) is 3.26. The second kappa shape index (κ2) is 8.08. The Kier molecular flexibility index (Phi) is 6.72. The average molecular weight is 255 g/mol. The molecule has 1 rings (SSSR count). The van der Waals surface area contributed by atoms with Crippen LogP contribution in [0.3, 0.4) is 0 Å². The van der Waals surface area contributed by atoms with Crippen LogP contribution in [0.2, 0.25) is 0 Å². The molecule has 1 saturated heterocycles. The highest BCUT2D eigenvalue weighted by molar-refractivity contribution is 5.80. The summed E-state index contributed by atoms with van der Waals surface area (Å²) in [7, 11) is 0. The minimum atomic E-state index is 0.00698. The Morgan fingerprint density at radius 3 is 2.61 bits per heavy atom. The highest BCUT2D eigenvalue weighted by atomic mass is 16.2. The second-order valence-corrected chi connectivity index (χ2v) is 4.97. The predicted octanol–water partition coefficient (Wildman–Crippen LogP) is 0.407. The summed E-state index contributed by atoms with van der Waals surface area (Å²) in [6.45, 7) is 6.03. The van der Waals surface area contributed by atoms with Gasteiger partial charge in [0.25, 0.3) is 0 Å². The first kappa shape index (κ1) is 15.0. The van der Waals surface area contributed by atoms with Gasteiger partial charge >= 0.3 is 0 Å². The zero-order chi connectivity index (χ0) is 13.4. The Morgan fingerprint density at radius 1 is 1.22 bits per heavy atom. The lowest BCUT2D eigenvalue weighted by molar-refractivity contribution is -0.125. The lowest BCUT2D eigenvalue weighted by Crippen LogP contribution is -2.44. The minimum absolute atomic E-state index is 0.00698. The van der Waals surface area contributed by atoms with Crippen LogP contribution < -0.4 is 16.0 Å². The third-order valence-electron chi connectivity index (χ3n) is 3.26. The van der Waals surface area contributed by atoms with E-state index in [-0.39, 0.29) is 17.7 Å². The van der Waals surface area contributed by atoms with Gasteiger partial charge in [0.15, 0.2) is 0 Å². The standard InChI is InChI=1S/C13H25N3O2/c1-3-7-14-12(17)6-8-15-13(18)11-5-4-10(2)16-9-11/h10-11,16H,3-9H2,1-2H3,(H,14,17)(H,15,18). The molecule has 3 N–H and O–H groups in total. The van der Waals surface area contributed by atoms with Gasteiger partial charge in [0.2, 0.25) is 11.8 Å². The predicted molar refractivity (Wildman–Crippen MR) is 71.1 cm³/mol. The molecular formula is C13H25N3O2. The largest absolute Gasteiger partial charge is 0.356 e. The van der Waals surface area contributed by atoms with Crippen LogP contribution in [0.25, 0.3) is 0 Å². The number of rotatable bonds is 6. The van der Waals surface area contributed by atoms with E-state index in [1.165, 1.54) is 0 Å². The van der Waals surface area contributed by atoms with E-state index in [0.29, 0.717) is 25.6 Å². The summed E-state index contributed by atoms with van der Waals surface area (Å²) in [5.74, 6) is 0.130. The summed E-state index contributed by atoms with van der Waals surface area (Å²) in [6, 6.07) is 0.508. The first-order valence-electron chi connectivity index (χ1n) is 6.91. The van der Waals surface area contributed by atoms with Gasteiger partial charge in [-0.05, 0) is 26.2 Å². The molecule has 0 aliphatic carbocycles. The molecule has 0 bridgehead atoms. The van der Waals surface area contributed by atoms with E-state index in [1.807, 2.05) is 6.92 Å². The smallest absolute Gasteiger partial charge is 0.224 e. The topological polar surface area (TPSA) is 70.2 Å². The molecule has 18 heavy (non-hydrogen) atoms. The molecule has 2 unspecified atom stereocenters. The van der Waals surface area contributed by atoms with Crippen molar-refractivity contribution in [3.63, 3.8) is 0 Å². The van der Waals surface area contributed by atoms with Crippen LogP contribution >= 0.6 is 0 Å². The quantitative estimate of drug-likeness (QED) is 0.644. The van der Waals surface area contributed by atoms with Gasteiger partial charge in [-0.15, -0.1) is 0 Å². The number of carbonyl (C=O) groups excluding carboxylic acids is 2. The summed E-state index contributed by atoms with van der Waals surface area (Å²) in [6.07, 6.45) is 3.27. The maximum Gasteiger partial charge on any atom is 0.224 e. The van der Waals surface area contributed by atoms with Crippen molar-refractivity contribution in [3.8, 4) is 0 Å². The SMILES string of the molecule is CCCNC(=O)CCNC(=O)C1CCC(C)NC1. The van der Waals surface area contributed by atoms with Gasteiger partial charge in [0.1, 0.15) is 0 Å². The highest BCUT2D eigenvalue weighted by Gasteiger charge is 2.23. The number of hydrogen-bond acceptors (Lipinski definition) is 3. The van der Waals surface area contributed by atoms with Gasteiger partial charge in [0, 0.05) is 32.1 Å². The summed E-state index contributed by atoms with van der Waals surface area (Å²) in [5, 5.41) is 8.92. The number of piperidine rings is 1. The van der Waals surface area contributed by atoms with Crippen molar-refractivity contribution < 1.29 is 9.59 Å². The monoisotopic (exact) mass is 255 g/mol. The summed E-state index contributed by atoms with van der Waals surface area (Å²) in [5.41, 5.74) is 0. The molecule has 1 heterocycles. The maximum atomic E-state index is 11.8. The van der Waals surface area contributed by atoms with E-state index in [9.17, 15) is 9.59 Å². The number of carbonyl (C=O) groups is 2. The fourth-order valence-electron chi connectivity index (χ4n) is 2.02. The van der Waals surface area contributed by atoms with Crippen LogP contribution in [0.4, 0.5) is 0 Å². The molecule has 5 nitrogen and oxygen atoms in total. The van der Waals surface area contributed by atoms with Crippen molar-refractivity contribution in [3.05, 3.63) is 0 Å². The van der Waals surface area contributed by atoms with Crippen molar-refractivity contribution >= 4 is 11.8 Å². The zero-order valence-electron chi connectivity index (χ0n) is 11.4. The molecule has 0 spiro atoms. The molecule has 1 aliphatic rings. The minimum Gasteiger partial charge on any atom is -0.356 e. The molecule has 104 valence electrons.